The Bertz CT molecular complexity index is 1460. The van der Waals surface area contributed by atoms with E-state index in [0.29, 0.717) is 44.5 Å². The molecule has 3 heterocycles. The molecule has 1 fully saturated rings. The number of nitrogens with zero attached hydrogens (tertiary/aromatic N) is 4. The molecule has 2 aromatic carbocycles. The number of Topliss-reactive ketones (excluding diaryl/α,β-unsaturated/α-hetero) is 1. The number of nitrogens with one attached hydrogen (secondary N) is 1. The van der Waals surface area contributed by atoms with Gasteiger partial charge in [-0.15, -0.1) is 13.2 Å². The molecule has 0 saturated carbocycles. The standard InChI is InChI=1S/C25H26F3N5O4S/c1-32-19-14-21(35-2)16(20(34)4-3-7-33-8-10-36-11-9-33)13-18(19)29-23(32)31-24-30-17-6-5-15(12-22(17)38-24)37-25(26,27)28/h5-6,12-14H,3-4,7-11H2,1-2H3,(H,29,30,31). The van der Waals surface area contributed by atoms with Gasteiger partial charge in [-0.1, -0.05) is 11.3 Å². The predicted molar refractivity (Wildman–Crippen MR) is 138 cm³/mol. The van der Waals surface area contributed by atoms with Crippen molar-refractivity contribution in [1.82, 2.24) is 19.4 Å². The SMILES string of the molecule is COc1cc2c(cc1C(=O)CCCN1CCOCC1)nc(Nc1nc3ccc(OC(F)(F)F)cc3s1)n2C. The van der Waals surface area contributed by atoms with Crippen molar-refractivity contribution in [2.24, 2.45) is 7.05 Å². The fourth-order valence-corrected chi connectivity index (χ4v) is 5.28. The van der Waals surface area contributed by atoms with E-state index in [1.165, 1.54) is 36.6 Å². The van der Waals surface area contributed by atoms with E-state index in [9.17, 15) is 18.0 Å². The maximum absolute atomic E-state index is 13.0. The molecule has 0 bridgehead atoms. The van der Waals surface area contributed by atoms with Crippen molar-refractivity contribution < 1.29 is 32.2 Å². The van der Waals surface area contributed by atoms with Crippen LogP contribution in [0.25, 0.3) is 21.3 Å². The highest BCUT2D eigenvalue weighted by Crippen LogP contribution is 2.34. The molecule has 1 saturated heterocycles. The number of ketones is 1. The highest BCUT2D eigenvalue weighted by atomic mass is 32.1. The molecule has 1 N–H and O–H groups in total. The van der Waals surface area contributed by atoms with E-state index in [-0.39, 0.29) is 11.5 Å². The van der Waals surface area contributed by atoms with Crippen molar-refractivity contribution >= 4 is 49.4 Å². The van der Waals surface area contributed by atoms with Gasteiger partial charge in [-0.3, -0.25) is 9.69 Å². The number of aryl methyl sites for hydroxylation is 1. The van der Waals surface area contributed by atoms with Crippen LogP contribution in [0.2, 0.25) is 0 Å². The zero-order chi connectivity index (χ0) is 26.9. The molecule has 1 aliphatic heterocycles. The van der Waals surface area contributed by atoms with Gasteiger partial charge >= 0.3 is 6.36 Å². The number of carbonyl (C=O) groups excluding carboxylic acids is 1. The van der Waals surface area contributed by atoms with Crippen molar-refractivity contribution in [1.29, 1.82) is 0 Å². The number of alkyl halides is 3. The van der Waals surface area contributed by atoms with Gasteiger partial charge in [0.05, 0.1) is 47.1 Å². The van der Waals surface area contributed by atoms with Crippen LogP contribution < -0.4 is 14.8 Å². The zero-order valence-corrected chi connectivity index (χ0v) is 21.6. The first-order valence-electron chi connectivity index (χ1n) is 12.0. The van der Waals surface area contributed by atoms with E-state index in [1.807, 2.05) is 7.05 Å². The van der Waals surface area contributed by atoms with Crippen molar-refractivity contribution in [2.75, 3.05) is 45.3 Å². The van der Waals surface area contributed by atoms with Gasteiger partial charge in [-0.25, -0.2) is 9.97 Å². The number of ether oxygens (including phenoxy) is 3. The number of methoxy groups -OCH3 is 1. The van der Waals surface area contributed by atoms with E-state index in [0.717, 1.165) is 44.8 Å². The van der Waals surface area contributed by atoms with Gasteiger partial charge < -0.3 is 24.1 Å². The zero-order valence-electron chi connectivity index (χ0n) is 20.8. The van der Waals surface area contributed by atoms with Crippen LogP contribution in [-0.4, -0.2) is 71.5 Å². The smallest absolute Gasteiger partial charge is 0.496 e. The van der Waals surface area contributed by atoms with Gasteiger partial charge in [0.25, 0.3) is 0 Å². The molecule has 9 nitrogen and oxygen atoms in total. The van der Waals surface area contributed by atoms with Crippen molar-refractivity contribution in [2.45, 2.75) is 19.2 Å². The molecule has 0 radical (unpaired) electrons. The first-order valence-corrected chi connectivity index (χ1v) is 12.8. The Morgan fingerprint density at radius 2 is 1.95 bits per heavy atom. The maximum atomic E-state index is 13.0. The molecule has 1 aliphatic rings. The number of imidazole rings is 1. The van der Waals surface area contributed by atoms with E-state index in [4.69, 9.17) is 9.47 Å². The Kier molecular flexibility index (Phi) is 7.41. The van der Waals surface area contributed by atoms with Crippen LogP contribution in [0.5, 0.6) is 11.5 Å². The largest absolute Gasteiger partial charge is 0.573 e. The molecule has 5 rings (SSSR count). The van der Waals surface area contributed by atoms with Gasteiger partial charge in [0.2, 0.25) is 5.95 Å². The highest BCUT2D eigenvalue weighted by Gasteiger charge is 2.31. The third-order valence-corrected chi connectivity index (χ3v) is 7.23. The second-order valence-corrected chi connectivity index (χ2v) is 9.87. The Morgan fingerprint density at radius 3 is 2.68 bits per heavy atom. The molecule has 0 unspecified atom stereocenters. The molecule has 13 heteroatoms. The summed E-state index contributed by atoms with van der Waals surface area (Å²) in [6.07, 6.45) is -3.64. The van der Waals surface area contributed by atoms with Crippen molar-refractivity contribution in [3.05, 3.63) is 35.9 Å². The van der Waals surface area contributed by atoms with Crippen molar-refractivity contribution in [3.8, 4) is 11.5 Å². The number of carbonyl (C=O) groups is 1. The van der Waals surface area contributed by atoms with Crippen LogP contribution in [0.1, 0.15) is 23.2 Å². The number of thiazole rings is 1. The van der Waals surface area contributed by atoms with Crippen LogP contribution in [0.4, 0.5) is 24.3 Å². The van der Waals surface area contributed by atoms with Crippen LogP contribution >= 0.6 is 11.3 Å². The van der Waals surface area contributed by atoms with E-state index >= 15 is 0 Å². The number of anilines is 2. The Hall–Kier alpha value is -3.42. The summed E-state index contributed by atoms with van der Waals surface area (Å²) in [5.41, 5.74) is 2.35. The third-order valence-electron chi connectivity index (χ3n) is 6.30. The number of hydrogen-bond acceptors (Lipinski definition) is 9. The Labute approximate surface area is 220 Å². The molecular weight excluding hydrogens is 523 g/mol. The normalized spacial score (nSPS) is 14.8. The first kappa shape index (κ1) is 26.2. The molecule has 0 spiro atoms. The molecule has 0 atom stereocenters. The van der Waals surface area contributed by atoms with Crippen LogP contribution in [0.15, 0.2) is 30.3 Å². The highest BCUT2D eigenvalue weighted by molar-refractivity contribution is 7.22. The number of fused-ring (bicyclic) bond motifs is 2. The Balaban J connectivity index is 1.34. The van der Waals surface area contributed by atoms with Crippen LogP contribution in [0.3, 0.4) is 0 Å². The number of hydrogen-bond donors (Lipinski definition) is 1. The van der Waals surface area contributed by atoms with Gasteiger partial charge in [-0.05, 0) is 31.2 Å². The molecular formula is C25H26F3N5O4S. The summed E-state index contributed by atoms with van der Waals surface area (Å²) >= 11 is 1.17. The average molecular weight is 550 g/mol. The number of halogens is 3. The monoisotopic (exact) mass is 549 g/mol. The third kappa shape index (κ3) is 5.84. The second-order valence-electron chi connectivity index (χ2n) is 8.84. The minimum absolute atomic E-state index is 0.0137. The number of aromatic nitrogens is 3. The fourth-order valence-electron chi connectivity index (χ4n) is 4.39. The summed E-state index contributed by atoms with van der Waals surface area (Å²) in [6.45, 7) is 4.04. The Morgan fingerprint density at radius 1 is 1.16 bits per heavy atom. The minimum Gasteiger partial charge on any atom is -0.496 e. The quantitative estimate of drug-likeness (QED) is 0.288. The number of rotatable bonds is 9. The summed E-state index contributed by atoms with van der Waals surface area (Å²) in [5, 5.41) is 3.58. The van der Waals surface area contributed by atoms with E-state index in [1.54, 1.807) is 16.7 Å². The summed E-state index contributed by atoms with van der Waals surface area (Å²) in [6, 6.07) is 7.49. The van der Waals surface area contributed by atoms with Crippen LogP contribution in [0, 0.1) is 0 Å². The topological polar surface area (TPSA) is 90.7 Å². The maximum Gasteiger partial charge on any atom is 0.573 e. The first-order chi connectivity index (χ1) is 18.2. The number of morpholine rings is 1. The lowest BCUT2D eigenvalue weighted by Crippen LogP contribution is -2.36. The molecule has 2 aromatic heterocycles. The fraction of sp³-hybridized carbons (Fsp3) is 0.400. The summed E-state index contributed by atoms with van der Waals surface area (Å²) in [4.78, 5) is 24.4. The van der Waals surface area contributed by atoms with Crippen LogP contribution in [-0.2, 0) is 11.8 Å². The minimum atomic E-state index is -4.77. The lowest BCUT2D eigenvalue weighted by molar-refractivity contribution is -0.274. The van der Waals surface area contributed by atoms with Gasteiger partial charge in [0.15, 0.2) is 10.9 Å². The van der Waals surface area contributed by atoms with Gasteiger partial charge in [0, 0.05) is 38.7 Å². The van der Waals surface area contributed by atoms with Crippen molar-refractivity contribution in [3.63, 3.8) is 0 Å². The second kappa shape index (κ2) is 10.8. The molecule has 202 valence electrons. The summed E-state index contributed by atoms with van der Waals surface area (Å²) in [5.74, 6) is 0.614. The predicted octanol–water partition coefficient (Wildman–Crippen LogP) is 5.13. The lowest BCUT2D eigenvalue weighted by Gasteiger charge is -2.26. The summed E-state index contributed by atoms with van der Waals surface area (Å²) < 4.78 is 54.9. The molecule has 38 heavy (non-hydrogen) atoms. The van der Waals surface area contributed by atoms with Gasteiger partial charge in [0.1, 0.15) is 11.5 Å². The van der Waals surface area contributed by atoms with Gasteiger partial charge in [-0.2, -0.15) is 0 Å². The van der Waals surface area contributed by atoms with E-state index in [2.05, 4.69) is 24.9 Å². The molecule has 0 amide bonds. The molecule has 0 aliphatic carbocycles. The van der Waals surface area contributed by atoms with E-state index < -0.39 is 6.36 Å². The molecule has 4 aromatic rings. The number of benzene rings is 2. The average Bonchev–Trinajstić information content (AvgIpc) is 3.42. The summed E-state index contributed by atoms with van der Waals surface area (Å²) in [7, 11) is 3.34. The lowest BCUT2D eigenvalue weighted by atomic mass is 10.0.